The molecule has 3 aromatic rings. The van der Waals surface area contributed by atoms with Crippen molar-refractivity contribution in [2.24, 2.45) is 0 Å². The third-order valence-electron chi connectivity index (χ3n) is 2.54. The molecule has 0 spiro atoms. The van der Waals surface area contributed by atoms with Crippen LogP contribution in [0.2, 0.25) is 0 Å². The van der Waals surface area contributed by atoms with Crippen LogP contribution in [0.3, 0.4) is 0 Å². The SMILES string of the molecule is Cc1csc2nc(-c3ccccc3Br)cn12. The van der Waals surface area contributed by atoms with Gasteiger partial charge in [0.1, 0.15) is 0 Å². The summed E-state index contributed by atoms with van der Waals surface area (Å²) >= 11 is 5.22. The molecular weight excluding hydrogens is 284 g/mol. The van der Waals surface area contributed by atoms with Crippen molar-refractivity contribution in [3.8, 4) is 11.3 Å². The Kier molecular flexibility index (Phi) is 2.33. The van der Waals surface area contributed by atoms with Crippen molar-refractivity contribution in [1.82, 2.24) is 9.38 Å². The second kappa shape index (κ2) is 3.71. The summed E-state index contributed by atoms with van der Waals surface area (Å²) in [6.45, 7) is 2.09. The van der Waals surface area contributed by atoms with Crippen molar-refractivity contribution < 1.29 is 0 Å². The number of halogens is 1. The molecule has 4 heteroatoms. The number of aromatic nitrogens is 2. The molecule has 0 N–H and O–H groups in total. The van der Waals surface area contributed by atoms with Gasteiger partial charge in [-0.05, 0) is 13.0 Å². The maximum atomic E-state index is 4.62. The highest BCUT2D eigenvalue weighted by Crippen LogP contribution is 2.28. The Balaban J connectivity index is 2.23. The molecule has 3 rings (SSSR count). The van der Waals surface area contributed by atoms with Crippen LogP contribution in [-0.2, 0) is 0 Å². The smallest absolute Gasteiger partial charge is 0.194 e. The Labute approximate surface area is 106 Å². The van der Waals surface area contributed by atoms with Gasteiger partial charge in [-0.2, -0.15) is 0 Å². The van der Waals surface area contributed by atoms with Gasteiger partial charge in [0.15, 0.2) is 4.96 Å². The molecule has 2 nitrogen and oxygen atoms in total. The fourth-order valence-electron chi connectivity index (χ4n) is 1.69. The highest BCUT2D eigenvalue weighted by molar-refractivity contribution is 9.10. The fraction of sp³-hybridized carbons (Fsp3) is 0.0833. The van der Waals surface area contributed by atoms with Gasteiger partial charge in [0, 0.05) is 27.3 Å². The van der Waals surface area contributed by atoms with Crippen molar-refractivity contribution in [3.05, 3.63) is 46.0 Å². The van der Waals surface area contributed by atoms with E-state index >= 15 is 0 Å². The van der Waals surface area contributed by atoms with Gasteiger partial charge >= 0.3 is 0 Å². The minimum atomic E-state index is 1.02. The number of thiazole rings is 1. The summed E-state index contributed by atoms with van der Waals surface area (Å²) in [4.78, 5) is 5.66. The molecular formula is C12H9BrN2S. The van der Waals surface area contributed by atoms with Crippen LogP contribution in [0.1, 0.15) is 5.69 Å². The van der Waals surface area contributed by atoms with Gasteiger partial charge in [-0.1, -0.05) is 34.1 Å². The Bertz CT molecular complexity index is 654. The average molecular weight is 293 g/mol. The predicted octanol–water partition coefficient (Wildman–Crippen LogP) is 4.13. The van der Waals surface area contributed by atoms with Gasteiger partial charge in [-0.25, -0.2) is 4.98 Å². The number of rotatable bonds is 1. The van der Waals surface area contributed by atoms with Crippen LogP contribution in [0, 0.1) is 6.92 Å². The number of aryl methyl sites for hydroxylation is 1. The molecule has 0 saturated heterocycles. The monoisotopic (exact) mass is 292 g/mol. The average Bonchev–Trinajstić information content (AvgIpc) is 2.82. The minimum absolute atomic E-state index is 1.02. The van der Waals surface area contributed by atoms with E-state index in [0.717, 1.165) is 20.7 Å². The van der Waals surface area contributed by atoms with E-state index < -0.39 is 0 Å². The summed E-state index contributed by atoms with van der Waals surface area (Å²) in [5, 5.41) is 2.12. The number of benzene rings is 1. The lowest BCUT2D eigenvalue weighted by molar-refractivity contribution is 1.13. The quantitative estimate of drug-likeness (QED) is 0.659. The second-order valence-corrected chi connectivity index (χ2v) is 5.33. The van der Waals surface area contributed by atoms with Gasteiger partial charge in [0.05, 0.1) is 5.69 Å². The standard InChI is InChI=1S/C12H9BrN2S/c1-8-7-16-12-14-11(6-15(8)12)9-4-2-3-5-10(9)13/h2-7H,1H3. The summed E-state index contributed by atoms with van der Waals surface area (Å²) in [6.07, 6.45) is 2.08. The molecule has 0 bridgehead atoms. The summed E-state index contributed by atoms with van der Waals surface area (Å²) in [7, 11) is 0. The molecule has 0 fully saturated rings. The summed E-state index contributed by atoms with van der Waals surface area (Å²) < 4.78 is 3.21. The number of imidazole rings is 1. The molecule has 0 saturated carbocycles. The van der Waals surface area contributed by atoms with Crippen molar-refractivity contribution in [2.45, 2.75) is 6.92 Å². The van der Waals surface area contributed by atoms with Crippen LogP contribution in [0.15, 0.2) is 40.3 Å². The molecule has 16 heavy (non-hydrogen) atoms. The Morgan fingerprint density at radius 3 is 2.88 bits per heavy atom. The minimum Gasteiger partial charge on any atom is -0.294 e. The molecule has 1 aromatic carbocycles. The molecule has 0 aliphatic carbocycles. The lowest BCUT2D eigenvalue weighted by Gasteiger charge is -1.98. The lowest BCUT2D eigenvalue weighted by Crippen LogP contribution is -1.80. The molecule has 0 amide bonds. The van der Waals surface area contributed by atoms with Crippen molar-refractivity contribution in [1.29, 1.82) is 0 Å². The molecule has 2 heterocycles. The Morgan fingerprint density at radius 2 is 2.12 bits per heavy atom. The van der Waals surface area contributed by atoms with Crippen molar-refractivity contribution in [3.63, 3.8) is 0 Å². The topological polar surface area (TPSA) is 17.3 Å². The van der Waals surface area contributed by atoms with Gasteiger partial charge in [-0.3, -0.25) is 4.40 Å². The number of nitrogens with zero attached hydrogens (tertiary/aromatic N) is 2. The Morgan fingerprint density at radius 1 is 1.31 bits per heavy atom. The zero-order valence-corrected chi connectivity index (χ0v) is 11.0. The number of fused-ring (bicyclic) bond motifs is 1. The highest BCUT2D eigenvalue weighted by Gasteiger charge is 2.09. The van der Waals surface area contributed by atoms with Gasteiger partial charge in [0.2, 0.25) is 0 Å². The first-order valence-corrected chi connectivity index (χ1v) is 6.61. The first-order chi connectivity index (χ1) is 7.75. The summed E-state index contributed by atoms with van der Waals surface area (Å²) in [6, 6.07) is 8.15. The van der Waals surface area contributed by atoms with E-state index in [-0.39, 0.29) is 0 Å². The molecule has 0 atom stereocenters. The fourth-order valence-corrected chi connectivity index (χ4v) is 3.03. The van der Waals surface area contributed by atoms with E-state index in [9.17, 15) is 0 Å². The predicted molar refractivity (Wildman–Crippen MR) is 70.9 cm³/mol. The van der Waals surface area contributed by atoms with E-state index in [1.807, 2.05) is 18.2 Å². The first kappa shape index (κ1) is 10.1. The van der Waals surface area contributed by atoms with E-state index in [1.54, 1.807) is 11.3 Å². The van der Waals surface area contributed by atoms with Crippen molar-refractivity contribution in [2.75, 3.05) is 0 Å². The molecule has 0 aliphatic rings. The van der Waals surface area contributed by atoms with Gasteiger partial charge in [-0.15, -0.1) is 11.3 Å². The van der Waals surface area contributed by atoms with Crippen LogP contribution < -0.4 is 0 Å². The molecule has 0 unspecified atom stereocenters. The largest absolute Gasteiger partial charge is 0.294 e. The third-order valence-corrected chi connectivity index (χ3v) is 4.19. The van der Waals surface area contributed by atoms with E-state index in [4.69, 9.17) is 0 Å². The third kappa shape index (κ3) is 1.49. The second-order valence-electron chi connectivity index (χ2n) is 3.64. The van der Waals surface area contributed by atoms with Crippen molar-refractivity contribution >= 4 is 32.2 Å². The summed E-state index contributed by atoms with van der Waals surface area (Å²) in [5.41, 5.74) is 3.38. The van der Waals surface area contributed by atoms with E-state index in [0.29, 0.717) is 0 Å². The maximum absolute atomic E-state index is 4.62. The number of hydrogen-bond acceptors (Lipinski definition) is 2. The Hall–Kier alpha value is -1.13. The summed E-state index contributed by atoms with van der Waals surface area (Å²) in [5.74, 6) is 0. The zero-order chi connectivity index (χ0) is 11.1. The van der Waals surface area contributed by atoms with Gasteiger partial charge < -0.3 is 0 Å². The van der Waals surface area contributed by atoms with Crippen LogP contribution >= 0.6 is 27.3 Å². The highest BCUT2D eigenvalue weighted by atomic mass is 79.9. The molecule has 80 valence electrons. The van der Waals surface area contributed by atoms with Crippen LogP contribution in [-0.4, -0.2) is 9.38 Å². The van der Waals surface area contributed by atoms with Gasteiger partial charge in [0.25, 0.3) is 0 Å². The molecule has 2 aromatic heterocycles. The normalized spacial score (nSPS) is 11.1. The van der Waals surface area contributed by atoms with E-state index in [1.165, 1.54) is 5.69 Å². The molecule has 0 radical (unpaired) electrons. The molecule has 0 aliphatic heterocycles. The van der Waals surface area contributed by atoms with E-state index in [2.05, 4.69) is 49.9 Å². The zero-order valence-electron chi connectivity index (χ0n) is 8.64. The maximum Gasteiger partial charge on any atom is 0.194 e. The van der Waals surface area contributed by atoms with Crippen LogP contribution in [0.5, 0.6) is 0 Å². The van der Waals surface area contributed by atoms with Crippen LogP contribution in [0.4, 0.5) is 0 Å². The van der Waals surface area contributed by atoms with Crippen LogP contribution in [0.25, 0.3) is 16.2 Å². The first-order valence-electron chi connectivity index (χ1n) is 4.94. The lowest BCUT2D eigenvalue weighted by atomic mass is 10.2. The number of hydrogen-bond donors (Lipinski definition) is 0.